The van der Waals surface area contributed by atoms with Gasteiger partial charge in [-0.1, -0.05) is 23.2 Å². The van der Waals surface area contributed by atoms with Crippen LogP contribution in [-0.2, 0) is 9.59 Å². The molecule has 152 valence electrons. The fourth-order valence-corrected chi connectivity index (χ4v) is 4.44. The van der Waals surface area contributed by atoms with Crippen LogP contribution in [0.4, 0.5) is 11.4 Å². The van der Waals surface area contributed by atoms with Gasteiger partial charge < -0.3 is 9.64 Å². The number of carbonyl (C=O) groups excluding carboxylic acids is 2. The topological polar surface area (TPSA) is 53.1 Å². The van der Waals surface area contributed by atoms with E-state index >= 15 is 0 Å². The standard InChI is InChI=1S/C21H21Cl2N3O3/c1-29-18-4-2-16(3-5-18)24-6-8-25(9-7-24)19-13-20(27)26(21(19)28)17-11-14(22)10-15(23)12-17/h2-5,10-12,19H,6-9,13H2,1H3/t19-/m1/s1. The number of imide groups is 1. The van der Waals surface area contributed by atoms with Gasteiger partial charge in [0.15, 0.2) is 0 Å². The van der Waals surface area contributed by atoms with Crippen LogP contribution in [0.15, 0.2) is 42.5 Å². The second-order valence-corrected chi connectivity index (χ2v) is 8.01. The number of nitrogens with zero attached hydrogens (tertiary/aromatic N) is 3. The van der Waals surface area contributed by atoms with Crippen molar-refractivity contribution in [1.82, 2.24) is 4.90 Å². The lowest BCUT2D eigenvalue weighted by Gasteiger charge is -2.38. The van der Waals surface area contributed by atoms with E-state index in [-0.39, 0.29) is 18.2 Å². The van der Waals surface area contributed by atoms with Gasteiger partial charge >= 0.3 is 0 Å². The van der Waals surface area contributed by atoms with Crippen molar-refractivity contribution in [2.75, 3.05) is 43.1 Å². The quantitative estimate of drug-likeness (QED) is 0.691. The number of anilines is 2. The van der Waals surface area contributed by atoms with Gasteiger partial charge in [0.05, 0.1) is 25.3 Å². The first-order chi connectivity index (χ1) is 14.0. The maximum Gasteiger partial charge on any atom is 0.251 e. The molecule has 2 aromatic rings. The van der Waals surface area contributed by atoms with E-state index in [2.05, 4.69) is 9.80 Å². The van der Waals surface area contributed by atoms with E-state index in [1.165, 1.54) is 4.90 Å². The van der Waals surface area contributed by atoms with Gasteiger partial charge in [-0.05, 0) is 42.5 Å². The molecule has 0 aromatic heterocycles. The van der Waals surface area contributed by atoms with Gasteiger partial charge in [0.25, 0.3) is 5.91 Å². The molecule has 2 aromatic carbocycles. The molecule has 4 rings (SSSR count). The minimum absolute atomic E-state index is 0.172. The Morgan fingerprint density at radius 3 is 2.10 bits per heavy atom. The number of amides is 2. The summed E-state index contributed by atoms with van der Waals surface area (Å²) in [6.45, 7) is 2.99. The summed E-state index contributed by atoms with van der Waals surface area (Å²) in [7, 11) is 1.65. The van der Waals surface area contributed by atoms with Crippen LogP contribution in [0.5, 0.6) is 5.75 Å². The minimum atomic E-state index is -0.446. The third-order valence-corrected chi connectivity index (χ3v) is 5.86. The molecule has 2 amide bonds. The molecule has 2 saturated heterocycles. The molecule has 2 aliphatic heterocycles. The number of methoxy groups -OCH3 is 1. The molecule has 0 saturated carbocycles. The number of hydrogen-bond acceptors (Lipinski definition) is 5. The Kier molecular flexibility index (Phi) is 5.67. The van der Waals surface area contributed by atoms with E-state index in [1.54, 1.807) is 25.3 Å². The fraction of sp³-hybridized carbons (Fsp3) is 0.333. The molecule has 2 fully saturated rings. The van der Waals surface area contributed by atoms with Crippen molar-refractivity contribution in [3.8, 4) is 5.75 Å². The molecular weight excluding hydrogens is 413 g/mol. The van der Waals surface area contributed by atoms with Crippen molar-refractivity contribution in [2.24, 2.45) is 0 Å². The number of halogens is 2. The zero-order valence-electron chi connectivity index (χ0n) is 16.0. The SMILES string of the molecule is COc1ccc(N2CCN([C@@H]3CC(=O)N(c4cc(Cl)cc(Cl)c4)C3=O)CC2)cc1. The van der Waals surface area contributed by atoms with Gasteiger partial charge in [-0.3, -0.25) is 14.5 Å². The minimum Gasteiger partial charge on any atom is -0.497 e. The van der Waals surface area contributed by atoms with E-state index in [0.29, 0.717) is 28.8 Å². The van der Waals surface area contributed by atoms with Crippen molar-refractivity contribution < 1.29 is 14.3 Å². The first kappa shape index (κ1) is 20.0. The van der Waals surface area contributed by atoms with Crippen LogP contribution in [-0.4, -0.2) is 56.0 Å². The monoisotopic (exact) mass is 433 g/mol. The van der Waals surface area contributed by atoms with Crippen LogP contribution in [0.2, 0.25) is 10.0 Å². The molecule has 0 radical (unpaired) electrons. The lowest BCUT2D eigenvalue weighted by atomic mass is 10.1. The molecule has 8 heteroatoms. The van der Waals surface area contributed by atoms with Crippen LogP contribution in [0.1, 0.15) is 6.42 Å². The van der Waals surface area contributed by atoms with Crippen molar-refractivity contribution in [2.45, 2.75) is 12.5 Å². The van der Waals surface area contributed by atoms with Crippen molar-refractivity contribution in [3.05, 3.63) is 52.5 Å². The number of rotatable bonds is 4. The zero-order valence-corrected chi connectivity index (χ0v) is 17.5. The van der Waals surface area contributed by atoms with Gasteiger partial charge in [0, 0.05) is 41.9 Å². The van der Waals surface area contributed by atoms with Gasteiger partial charge in [0.2, 0.25) is 5.91 Å². The van der Waals surface area contributed by atoms with Crippen LogP contribution in [0.25, 0.3) is 0 Å². The molecule has 0 bridgehead atoms. The Bertz CT molecular complexity index is 907. The maximum atomic E-state index is 13.0. The van der Waals surface area contributed by atoms with E-state index in [1.807, 2.05) is 24.3 Å². The molecule has 2 heterocycles. The Balaban J connectivity index is 1.43. The summed E-state index contributed by atoms with van der Waals surface area (Å²) in [6.07, 6.45) is 0.172. The Morgan fingerprint density at radius 2 is 1.52 bits per heavy atom. The number of benzene rings is 2. The third kappa shape index (κ3) is 4.06. The van der Waals surface area contributed by atoms with Crippen molar-refractivity contribution >= 4 is 46.4 Å². The average molecular weight is 434 g/mol. The number of piperazine rings is 1. The molecule has 0 aliphatic carbocycles. The highest BCUT2D eigenvalue weighted by atomic mass is 35.5. The molecule has 6 nitrogen and oxygen atoms in total. The molecule has 2 aliphatic rings. The van der Waals surface area contributed by atoms with Gasteiger partial charge in [0.1, 0.15) is 5.75 Å². The molecule has 1 atom stereocenters. The predicted molar refractivity (Wildman–Crippen MR) is 114 cm³/mol. The second kappa shape index (κ2) is 8.22. The van der Waals surface area contributed by atoms with Crippen LogP contribution >= 0.6 is 23.2 Å². The fourth-order valence-electron chi connectivity index (χ4n) is 3.93. The smallest absolute Gasteiger partial charge is 0.251 e. The highest BCUT2D eigenvalue weighted by Gasteiger charge is 2.43. The summed E-state index contributed by atoms with van der Waals surface area (Å²) in [5, 5.41) is 0.786. The highest BCUT2D eigenvalue weighted by molar-refractivity contribution is 6.35. The van der Waals surface area contributed by atoms with Gasteiger partial charge in [-0.15, -0.1) is 0 Å². The van der Waals surface area contributed by atoms with Crippen LogP contribution < -0.4 is 14.5 Å². The molecular formula is C21H21Cl2N3O3. The van der Waals surface area contributed by atoms with E-state index < -0.39 is 6.04 Å². The lowest BCUT2D eigenvalue weighted by molar-refractivity contribution is -0.123. The van der Waals surface area contributed by atoms with Gasteiger partial charge in [-0.25, -0.2) is 4.90 Å². The number of hydrogen-bond donors (Lipinski definition) is 0. The number of carbonyl (C=O) groups is 2. The summed E-state index contributed by atoms with van der Waals surface area (Å²) in [5.74, 6) is 0.380. The summed E-state index contributed by atoms with van der Waals surface area (Å²) in [4.78, 5) is 31.2. The van der Waals surface area contributed by atoms with Crippen molar-refractivity contribution in [3.63, 3.8) is 0 Å². The zero-order chi connectivity index (χ0) is 20.5. The largest absolute Gasteiger partial charge is 0.497 e. The Hall–Kier alpha value is -2.28. The molecule has 0 N–H and O–H groups in total. The maximum absolute atomic E-state index is 13.0. The summed E-state index contributed by atoms with van der Waals surface area (Å²) in [5.41, 5.74) is 1.55. The van der Waals surface area contributed by atoms with Crippen molar-refractivity contribution in [1.29, 1.82) is 0 Å². The average Bonchev–Trinajstić information content (AvgIpc) is 3.01. The normalized spacial score (nSPS) is 20.4. The number of ether oxygens (including phenoxy) is 1. The summed E-state index contributed by atoms with van der Waals surface area (Å²) < 4.78 is 5.21. The van der Waals surface area contributed by atoms with E-state index in [0.717, 1.165) is 24.5 Å². The lowest BCUT2D eigenvalue weighted by Crippen LogP contribution is -2.52. The highest BCUT2D eigenvalue weighted by Crippen LogP contribution is 2.31. The first-order valence-electron chi connectivity index (χ1n) is 9.42. The van der Waals surface area contributed by atoms with Crippen LogP contribution in [0.3, 0.4) is 0 Å². The third-order valence-electron chi connectivity index (χ3n) is 5.42. The van der Waals surface area contributed by atoms with Crippen LogP contribution in [0, 0.1) is 0 Å². The van der Waals surface area contributed by atoms with E-state index in [9.17, 15) is 9.59 Å². The summed E-state index contributed by atoms with van der Waals surface area (Å²) in [6, 6.07) is 12.3. The second-order valence-electron chi connectivity index (χ2n) is 7.14. The van der Waals surface area contributed by atoms with E-state index in [4.69, 9.17) is 27.9 Å². The molecule has 0 unspecified atom stereocenters. The summed E-state index contributed by atoms with van der Waals surface area (Å²) >= 11 is 12.1. The Labute approximate surface area is 179 Å². The molecule has 0 spiro atoms. The molecule has 29 heavy (non-hydrogen) atoms. The Morgan fingerprint density at radius 1 is 0.897 bits per heavy atom. The first-order valence-corrected chi connectivity index (χ1v) is 10.2. The predicted octanol–water partition coefficient (Wildman–Crippen LogP) is 3.46. The van der Waals surface area contributed by atoms with Gasteiger partial charge in [-0.2, -0.15) is 0 Å².